The number of carbonyl (C=O) groups excluding carboxylic acids is 2. The minimum atomic E-state index is -4.84. The van der Waals surface area contributed by atoms with Crippen molar-refractivity contribution in [3.05, 3.63) is 29.8 Å². The van der Waals surface area contributed by atoms with Crippen molar-refractivity contribution in [2.75, 3.05) is 19.6 Å². The van der Waals surface area contributed by atoms with Crippen molar-refractivity contribution < 1.29 is 21.9 Å². The molecule has 1 unspecified atom stereocenters. The van der Waals surface area contributed by atoms with E-state index >= 15 is 0 Å². The summed E-state index contributed by atoms with van der Waals surface area (Å²) in [5, 5.41) is 0. The zero-order chi connectivity index (χ0) is 16.6. The van der Waals surface area contributed by atoms with Gasteiger partial charge in [0.25, 0.3) is 5.91 Å². The van der Waals surface area contributed by atoms with E-state index in [1.165, 1.54) is 12.1 Å². The number of hydrogen-bond donors (Lipinski definition) is 0. The zero-order valence-corrected chi connectivity index (χ0v) is 13.3. The molecule has 2 fully saturated rings. The molecule has 0 bridgehead atoms. The second-order valence-corrected chi connectivity index (χ2v) is 7.20. The molecule has 0 aromatic heterocycles. The lowest BCUT2D eigenvalue weighted by Gasteiger charge is -2.24. The molecule has 124 valence electrons. The van der Waals surface area contributed by atoms with Crippen LogP contribution in [-0.4, -0.2) is 55.7 Å². The molecule has 0 N–H and O–H groups in total. The number of rotatable bonds is 3. The lowest BCUT2D eigenvalue weighted by molar-refractivity contribution is -0.129. The van der Waals surface area contributed by atoms with E-state index in [4.69, 9.17) is 0 Å². The third-order valence-electron chi connectivity index (χ3n) is 4.36. The Morgan fingerprint density at radius 1 is 1.26 bits per heavy atom. The number of benzene rings is 1. The van der Waals surface area contributed by atoms with Gasteiger partial charge in [-0.25, -0.2) is 0 Å². The van der Waals surface area contributed by atoms with Crippen LogP contribution in [0.3, 0.4) is 0 Å². The number of likely N-dealkylation sites (tertiary alicyclic amines) is 2. The Hall–Kier alpha value is -1.96. The van der Waals surface area contributed by atoms with E-state index in [0.717, 1.165) is 25.1 Å². The standard InChI is InChI=1S/C15H17FN2O4S/c16-23(21,22)13-4-1-3-11(9-13)15(20)17-8-6-12(10-17)18-7-2-5-14(18)19/h1,3-4,9,12H,2,5-8,10H2. The topological polar surface area (TPSA) is 74.8 Å². The van der Waals surface area contributed by atoms with E-state index < -0.39 is 15.1 Å². The largest absolute Gasteiger partial charge is 0.338 e. The monoisotopic (exact) mass is 340 g/mol. The van der Waals surface area contributed by atoms with E-state index in [9.17, 15) is 21.9 Å². The molecular formula is C15H17FN2O4S. The molecule has 0 spiro atoms. The van der Waals surface area contributed by atoms with E-state index in [1.54, 1.807) is 4.90 Å². The molecule has 23 heavy (non-hydrogen) atoms. The molecule has 6 nitrogen and oxygen atoms in total. The molecule has 2 heterocycles. The predicted octanol–water partition coefficient (Wildman–Crippen LogP) is 1.18. The fraction of sp³-hybridized carbons (Fsp3) is 0.467. The normalized spacial score (nSPS) is 22.0. The van der Waals surface area contributed by atoms with Crippen LogP contribution in [0.1, 0.15) is 29.6 Å². The smallest absolute Gasteiger partial charge is 0.332 e. The summed E-state index contributed by atoms with van der Waals surface area (Å²) in [6.07, 6.45) is 2.11. The maximum Gasteiger partial charge on any atom is 0.332 e. The molecule has 2 saturated heterocycles. The van der Waals surface area contributed by atoms with Crippen LogP contribution in [0.4, 0.5) is 3.89 Å². The molecule has 1 aromatic rings. The molecule has 1 atom stereocenters. The van der Waals surface area contributed by atoms with Gasteiger partial charge in [-0.15, -0.1) is 3.89 Å². The fourth-order valence-electron chi connectivity index (χ4n) is 3.20. The molecule has 2 aliphatic rings. The Morgan fingerprint density at radius 2 is 2.04 bits per heavy atom. The van der Waals surface area contributed by atoms with Crippen LogP contribution in [-0.2, 0) is 15.0 Å². The lowest BCUT2D eigenvalue weighted by Crippen LogP contribution is -2.39. The molecule has 0 radical (unpaired) electrons. The fourth-order valence-corrected chi connectivity index (χ4v) is 3.71. The van der Waals surface area contributed by atoms with E-state index in [2.05, 4.69) is 0 Å². The van der Waals surface area contributed by atoms with Crippen molar-refractivity contribution >= 4 is 22.0 Å². The van der Waals surface area contributed by atoms with E-state index in [0.29, 0.717) is 25.9 Å². The second kappa shape index (κ2) is 5.92. The van der Waals surface area contributed by atoms with Gasteiger partial charge < -0.3 is 9.80 Å². The number of nitrogens with zero attached hydrogens (tertiary/aromatic N) is 2. The first-order valence-corrected chi connectivity index (χ1v) is 8.88. The van der Waals surface area contributed by atoms with Crippen molar-refractivity contribution in [2.45, 2.75) is 30.2 Å². The third-order valence-corrected chi connectivity index (χ3v) is 5.18. The van der Waals surface area contributed by atoms with Crippen LogP contribution in [0.5, 0.6) is 0 Å². The number of carbonyl (C=O) groups is 2. The first-order chi connectivity index (χ1) is 10.9. The van der Waals surface area contributed by atoms with Gasteiger partial charge in [0.05, 0.1) is 10.9 Å². The van der Waals surface area contributed by atoms with Gasteiger partial charge in [0.15, 0.2) is 0 Å². The average Bonchev–Trinajstić information content (AvgIpc) is 3.14. The van der Waals surface area contributed by atoms with E-state index in [-0.39, 0.29) is 23.4 Å². The second-order valence-electron chi connectivity index (χ2n) is 5.85. The van der Waals surface area contributed by atoms with Gasteiger partial charge in [-0.1, -0.05) is 6.07 Å². The SMILES string of the molecule is O=C(c1cccc(S(=O)(=O)F)c1)N1CCC(N2CCCC2=O)C1. The van der Waals surface area contributed by atoms with Crippen LogP contribution in [0.2, 0.25) is 0 Å². The van der Waals surface area contributed by atoms with Gasteiger partial charge in [0.1, 0.15) is 0 Å². The summed E-state index contributed by atoms with van der Waals surface area (Å²) >= 11 is 0. The Bertz CT molecular complexity index is 750. The van der Waals surface area contributed by atoms with Gasteiger partial charge in [-0.3, -0.25) is 9.59 Å². The first-order valence-electron chi connectivity index (χ1n) is 7.50. The molecule has 8 heteroatoms. The predicted molar refractivity (Wildman–Crippen MR) is 80.0 cm³/mol. The molecule has 2 amide bonds. The Kier molecular flexibility index (Phi) is 4.09. The highest BCUT2D eigenvalue weighted by Gasteiger charge is 2.35. The summed E-state index contributed by atoms with van der Waals surface area (Å²) in [6, 6.07) is 4.98. The summed E-state index contributed by atoms with van der Waals surface area (Å²) in [6.45, 7) is 1.65. The summed E-state index contributed by atoms with van der Waals surface area (Å²) < 4.78 is 35.0. The van der Waals surface area contributed by atoms with Gasteiger partial charge in [-0.2, -0.15) is 8.42 Å². The van der Waals surface area contributed by atoms with Crippen molar-refractivity contribution in [2.24, 2.45) is 0 Å². The molecule has 1 aromatic carbocycles. The van der Waals surface area contributed by atoms with E-state index in [1.807, 2.05) is 4.90 Å². The van der Waals surface area contributed by atoms with Gasteiger partial charge in [0.2, 0.25) is 5.91 Å². The lowest BCUT2D eigenvalue weighted by atomic mass is 10.2. The van der Waals surface area contributed by atoms with Gasteiger partial charge in [-0.05, 0) is 31.0 Å². The number of halogens is 1. The minimum absolute atomic E-state index is 0.0158. The first kappa shape index (κ1) is 15.9. The average molecular weight is 340 g/mol. The maximum atomic E-state index is 13.1. The van der Waals surface area contributed by atoms with Crippen LogP contribution in [0.25, 0.3) is 0 Å². The third kappa shape index (κ3) is 3.21. The van der Waals surface area contributed by atoms with Crippen LogP contribution in [0, 0.1) is 0 Å². The maximum absolute atomic E-state index is 13.1. The highest BCUT2D eigenvalue weighted by Crippen LogP contribution is 2.23. The molecule has 0 saturated carbocycles. The molecular weight excluding hydrogens is 323 g/mol. The van der Waals surface area contributed by atoms with Crippen LogP contribution >= 0.6 is 0 Å². The highest BCUT2D eigenvalue weighted by atomic mass is 32.3. The number of amides is 2. The summed E-state index contributed by atoms with van der Waals surface area (Å²) in [7, 11) is -4.84. The van der Waals surface area contributed by atoms with Gasteiger partial charge >= 0.3 is 10.2 Å². The zero-order valence-electron chi connectivity index (χ0n) is 12.4. The summed E-state index contributed by atoms with van der Waals surface area (Å²) in [4.78, 5) is 27.1. The Morgan fingerprint density at radius 3 is 2.70 bits per heavy atom. The molecule has 3 rings (SSSR count). The Labute approximate surface area is 134 Å². The van der Waals surface area contributed by atoms with Crippen molar-refractivity contribution in [3.8, 4) is 0 Å². The minimum Gasteiger partial charge on any atom is -0.338 e. The molecule has 2 aliphatic heterocycles. The Balaban J connectivity index is 1.73. The quantitative estimate of drug-likeness (QED) is 0.775. The van der Waals surface area contributed by atoms with Crippen LogP contribution < -0.4 is 0 Å². The highest BCUT2D eigenvalue weighted by molar-refractivity contribution is 7.86. The summed E-state index contributed by atoms with van der Waals surface area (Å²) in [5.41, 5.74) is 0.136. The van der Waals surface area contributed by atoms with Crippen molar-refractivity contribution in [1.82, 2.24) is 9.80 Å². The van der Waals surface area contributed by atoms with Crippen molar-refractivity contribution in [3.63, 3.8) is 0 Å². The van der Waals surface area contributed by atoms with Gasteiger partial charge in [0, 0.05) is 31.6 Å². The van der Waals surface area contributed by atoms with Crippen molar-refractivity contribution in [1.29, 1.82) is 0 Å². The number of hydrogen-bond acceptors (Lipinski definition) is 4. The molecule has 0 aliphatic carbocycles. The summed E-state index contributed by atoms with van der Waals surface area (Å²) in [5.74, 6) is -0.223. The van der Waals surface area contributed by atoms with Crippen LogP contribution in [0.15, 0.2) is 29.2 Å².